The van der Waals surface area contributed by atoms with Gasteiger partial charge in [-0.2, -0.15) is 0 Å². The molecule has 2 heterocycles. The third kappa shape index (κ3) is 6.63. The summed E-state index contributed by atoms with van der Waals surface area (Å²) < 4.78 is 0. The molecule has 1 aromatic heterocycles. The Labute approximate surface area is 212 Å². The number of piperazine rings is 1. The number of anilines is 1. The Morgan fingerprint density at radius 3 is 2.56 bits per heavy atom. The van der Waals surface area contributed by atoms with Gasteiger partial charge in [0.2, 0.25) is 0 Å². The molecule has 1 aliphatic heterocycles. The van der Waals surface area contributed by atoms with Crippen LogP contribution < -0.4 is 16.0 Å². The van der Waals surface area contributed by atoms with E-state index in [0.717, 1.165) is 80.0 Å². The van der Waals surface area contributed by atoms with E-state index in [1.807, 2.05) is 24.3 Å². The summed E-state index contributed by atoms with van der Waals surface area (Å²) >= 11 is 0. The molecule has 0 saturated carbocycles. The van der Waals surface area contributed by atoms with Crippen LogP contribution in [0.25, 0.3) is 22.0 Å². The van der Waals surface area contributed by atoms with Crippen LogP contribution in [0.3, 0.4) is 0 Å². The summed E-state index contributed by atoms with van der Waals surface area (Å²) in [6, 6.07) is 13.2. The van der Waals surface area contributed by atoms with Crippen molar-refractivity contribution in [3.8, 4) is 11.1 Å². The highest BCUT2D eigenvalue weighted by atomic mass is 16.3. The molecule has 0 atom stereocenters. The Morgan fingerprint density at radius 1 is 1.08 bits per heavy atom. The topological polar surface area (TPSA) is 102 Å². The van der Waals surface area contributed by atoms with Crippen molar-refractivity contribution in [2.24, 2.45) is 5.18 Å². The Hall–Kier alpha value is -3.40. The van der Waals surface area contributed by atoms with Crippen LogP contribution in [0.1, 0.15) is 16.8 Å². The highest BCUT2D eigenvalue weighted by Crippen LogP contribution is 2.31. The van der Waals surface area contributed by atoms with E-state index in [1.165, 1.54) is 0 Å². The molecule has 1 fully saturated rings. The van der Waals surface area contributed by atoms with Gasteiger partial charge in [-0.3, -0.25) is 14.7 Å². The summed E-state index contributed by atoms with van der Waals surface area (Å²) in [6.07, 6.45) is 2.61. The first kappa shape index (κ1) is 25.7. The molecular weight excluding hydrogens is 454 g/mol. The van der Waals surface area contributed by atoms with Crippen LogP contribution in [0.2, 0.25) is 0 Å². The average Bonchev–Trinajstić information content (AvgIpc) is 2.91. The molecule has 190 valence electrons. The Balaban J connectivity index is 1.59. The van der Waals surface area contributed by atoms with Gasteiger partial charge in [0.15, 0.2) is 0 Å². The average molecular weight is 490 g/mol. The van der Waals surface area contributed by atoms with Crippen molar-refractivity contribution >= 4 is 28.2 Å². The van der Waals surface area contributed by atoms with Crippen LogP contribution in [0.5, 0.6) is 0 Å². The summed E-state index contributed by atoms with van der Waals surface area (Å²) in [6.45, 7) is 7.08. The quantitative estimate of drug-likeness (QED) is 0.281. The van der Waals surface area contributed by atoms with E-state index in [1.54, 1.807) is 18.3 Å². The summed E-state index contributed by atoms with van der Waals surface area (Å²) in [5.74, 6) is -0.124. The lowest BCUT2D eigenvalue weighted by molar-refractivity contribution is 0.0948. The van der Waals surface area contributed by atoms with Crippen molar-refractivity contribution < 1.29 is 4.79 Å². The van der Waals surface area contributed by atoms with Gasteiger partial charge in [0.05, 0.1) is 16.8 Å². The van der Waals surface area contributed by atoms with Gasteiger partial charge in [-0.25, -0.2) is 0 Å². The van der Waals surface area contributed by atoms with Crippen LogP contribution >= 0.6 is 0 Å². The molecule has 1 aliphatic rings. The first-order chi connectivity index (χ1) is 17.5. The van der Waals surface area contributed by atoms with Gasteiger partial charge in [-0.05, 0) is 67.6 Å². The minimum atomic E-state index is -0.124. The van der Waals surface area contributed by atoms with Crippen molar-refractivity contribution in [3.63, 3.8) is 0 Å². The SMILES string of the molecule is CN(C)CCCNc1c(C(=O)NCCN2CCNCC2)cnc2ccc(-c3ccc(N=O)cc3)cc12. The number of benzene rings is 2. The fraction of sp³-hybridized carbons (Fsp3) is 0.407. The van der Waals surface area contributed by atoms with Crippen LogP contribution in [0, 0.1) is 4.91 Å². The van der Waals surface area contributed by atoms with Crippen molar-refractivity contribution in [2.75, 3.05) is 71.8 Å². The predicted molar refractivity (Wildman–Crippen MR) is 146 cm³/mol. The molecule has 0 radical (unpaired) electrons. The Kier molecular flexibility index (Phi) is 8.94. The van der Waals surface area contributed by atoms with Gasteiger partial charge in [0, 0.05) is 57.4 Å². The fourth-order valence-corrected chi connectivity index (χ4v) is 4.42. The lowest BCUT2D eigenvalue weighted by Gasteiger charge is -2.27. The maximum atomic E-state index is 13.2. The summed E-state index contributed by atoms with van der Waals surface area (Å²) in [4.78, 5) is 33.1. The highest BCUT2D eigenvalue weighted by Gasteiger charge is 2.17. The number of nitrogens with one attached hydrogen (secondary N) is 3. The third-order valence-corrected chi connectivity index (χ3v) is 6.43. The van der Waals surface area contributed by atoms with E-state index >= 15 is 0 Å². The van der Waals surface area contributed by atoms with Gasteiger partial charge in [-0.1, -0.05) is 18.2 Å². The number of fused-ring (bicyclic) bond motifs is 1. The van der Waals surface area contributed by atoms with E-state index in [4.69, 9.17) is 0 Å². The highest BCUT2D eigenvalue weighted by molar-refractivity contribution is 6.07. The van der Waals surface area contributed by atoms with E-state index < -0.39 is 0 Å². The number of nitrogens with zero attached hydrogens (tertiary/aromatic N) is 4. The van der Waals surface area contributed by atoms with Crippen molar-refractivity contribution in [1.82, 2.24) is 25.4 Å². The number of pyridine rings is 1. The molecule has 0 spiro atoms. The van der Waals surface area contributed by atoms with Crippen molar-refractivity contribution in [2.45, 2.75) is 6.42 Å². The van der Waals surface area contributed by atoms with Gasteiger partial charge in [-0.15, -0.1) is 4.91 Å². The summed E-state index contributed by atoms with van der Waals surface area (Å²) in [5.41, 5.74) is 4.50. The first-order valence-electron chi connectivity index (χ1n) is 12.5. The zero-order valence-electron chi connectivity index (χ0n) is 21.1. The molecule has 0 unspecified atom stereocenters. The molecule has 1 saturated heterocycles. The molecule has 36 heavy (non-hydrogen) atoms. The second-order valence-electron chi connectivity index (χ2n) is 9.35. The summed E-state index contributed by atoms with van der Waals surface area (Å²) in [5, 5.41) is 13.8. The molecule has 3 N–H and O–H groups in total. The van der Waals surface area contributed by atoms with Gasteiger partial charge in [0.1, 0.15) is 5.69 Å². The van der Waals surface area contributed by atoms with Gasteiger partial charge < -0.3 is 20.9 Å². The number of carbonyl (C=O) groups is 1. The zero-order valence-corrected chi connectivity index (χ0v) is 21.1. The number of hydrogen-bond donors (Lipinski definition) is 3. The monoisotopic (exact) mass is 489 g/mol. The number of rotatable bonds is 11. The number of hydrogen-bond acceptors (Lipinski definition) is 8. The fourth-order valence-electron chi connectivity index (χ4n) is 4.42. The van der Waals surface area contributed by atoms with Crippen molar-refractivity contribution in [1.29, 1.82) is 0 Å². The number of aromatic nitrogens is 1. The normalized spacial score (nSPS) is 14.2. The second-order valence-corrected chi connectivity index (χ2v) is 9.35. The molecule has 9 nitrogen and oxygen atoms in total. The van der Waals surface area contributed by atoms with Crippen molar-refractivity contribution in [3.05, 3.63) is 59.1 Å². The largest absolute Gasteiger partial charge is 0.384 e. The minimum Gasteiger partial charge on any atom is -0.384 e. The smallest absolute Gasteiger partial charge is 0.255 e. The van der Waals surface area contributed by atoms with Crippen LogP contribution in [0.4, 0.5) is 11.4 Å². The lowest BCUT2D eigenvalue weighted by atomic mass is 10.0. The molecule has 9 heteroatoms. The predicted octanol–water partition coefficient (Wildman–Crippen LogP) is 3.30. The number of nitroso groups, excluding NO2 is 1. The molecule has 0 bridgehead atoms. The molecule has 2 aromatic carbocycles. The minimum absolute atomic E-state index is 0.124. The molecular formula is C27H35N7O2. The zero-order chi connectivity index (χ0) is 25.3. The van der Waals surface area contributed by atoms with Gasteiger partial charge >= 0.3 is 0 Å². The molecule has 4 rings (SSSR count). The standard InChI is InChI=1S/C27H35N7O2/c1-33(2)14-3-10-29-26-23-18-21(20-4-7-22(32-36)8-5-20)6-9-25(23)31-19-24(26)27(35)30-13-17-34-15-11-28-12-16-34/h4-9,18-19,28H,3,10-17H2,1-2H3,(H,29,31)(H,30,35). The Morgan fingerprint density at radius 2 is 1.83 bits per heavy atom. The van der Waals surface area contributed by atoms with Crippen LogP contribution in [-0.4, -0.2) is 87.1 Å². The lowest BCUT2D eigenvalue weighted by Crippen LogP contribution is -2.46. The molecule has 1 amide bonds. The van der Waals surface area contributed by atoms with E-state index in [9.17, 15) is 9.70 Å². The third-order valence-electron chi connectivity index (χ3n) is 6.43. The van der Waals surface area contributed by atoms with Crippen LogP contribution in [-0.2, 0) is 0 Å². The second kappa shape index (κ2) is 12.5. The van der Waals surface area contributed by atoms with Gasteiger partial charge in [0.25, 0.3) is 5.91 Å². The Bertz CT molecular complexity index is 1170. The summed E-state index contributed by atoms with van der Waals surface area (Å²) in [7, 11) is 4.10. The van der Waals surface area contributed by atoms with E-state index in [2.05, 4.69) is 56.1 Å². The first-order valence-corrected chi connectivity index (χ1v) is 12.5. The molecule has 3 aromatic rings. The van der Waals surface area contributed by atoms with Crippen LogP contribution in [0.15, 0.2) is 53.8 Å². The van der Waals surface area contributed by atoms with E-state index in [0.29, 0.717) is 17.8 Å². The maximum Gasteiger partial charge on any atom is 0.255 e. The molecule has 0 aliphatic carbocycles. The van der Waals surface area contributed by atoms with E-state index in [-0.39, 0.29) is 5.91 Å². The number of carbonyl (C=O) groups excluding carboxylic acids is 1. The number of amides is 1. The maximum absolute atomic E-state index is 13.2.